The molecule has 0 aromatic carbocycles. The minimum absolute atomic E-state index is 0.263. The van der Waals surface area contributed by atoms with Gasteiger partial charge in [0.25, 0.3) is 0 Å². The first kappa shape index (κ1) is 14.6. The van der Waals surface area contributed by atoms with Crippen molar-refractivity contribution in [3.8, 4) is 0 Å². The van der Waals surface area contributed by atoms with Crippen molar-refractivity contribution in [2.45, 2.75) is 26.4 Å². The highest BCUT2D eigenvalue weighted by Crippen LogP contribution is 2.10. The fourth-order valence-corrected chi connectivity index (χ4v) is 2.17. The lowest BCUT2D eigenvalue weighted by Gasteiger charge is -2.15. The Morgan fingerprint density at radius 3 is 2.78 bits per heavy atom. The molecule has 1 amide bonds. The molecule has 0 spiro atoms. The summed E-state index contributed by atoms with van der Waals surface area (Å²) >= 11 is 1.59. The third-order valence-corrected chi connectivity index (χ3v) is 3.09. The molecular formula is C11H17N3O3S. The molecule has 1 unspecified atom stereocenters. The van der Waals surface area contributed by atoms with Crippen LogP contribution in [0, 0.1) is 6.92 Å². The average Bonchev–Trinajstić information content (AvgIpc) is 2.72. The number of aromatic nitrogens is 1. The molecule has 0 aliphatic heterocycles. The zero-order chi connectivity index (χ0) is 13.5. The molecule has 100 valence electrons. The standard InChI is InChI=1S/C11H17N3O3S/c1-7(15)14-10(11(16)17-3)6-12-4-9-5-13-8(2)18-9/h5,10,12H,4,6H2,1-3H3,(H,14,15). The SMILES string of the molecule is COC(=O)C(CNCc1cnc(C)s1)NC(C)=O. The maximum atomic E-state index is 11.4. The van der Waals surface area contributed by atoms with Crippen molar-refractivity contribution in [1.29, 1.82) is 0 Å². The molecule has 6 nitrogen and oxygen atoms in total. The molecule has 0 aliphatic carbocycles. The first-order valence-corrected chi connectivity index (χ1v) is 6.31. The Morgan fingerprint density at radius 1 is 1.56 bits per heavy atom. The Labute approximate surface area is 110 Å². The Kier molecular flexibility index (Phi) is 5.73. The van der Waals surface area contributed by atoms with Crippen molar-refractivity contribution >= 4 is 23.2 Å². The molecule has 7 heteroatoms. The maximum absolute atomic E-state index is 11.4. The summed E-state index contributed by atoms with van der Waals surface area (Å²) in [6.07, 6.45) is 1.79. The number of methoxy groups -OCH3 is 1. The van der Waals surface area contributed by atoms with Crippen LogP contribution in [0.5, 0.6) is 0 Å². The van der Waals surface area contributed by atoms with E-state index in [-0.39, 0.29) is 5.91 Å². The number of thiazole rings is 1. The van der Waals surface area contributed by atoms with Crippen molar-refractivity contribution in [2.24, 2.45) is 0 Å². The molecule has 0 saturated carbocycles. The highest BCUT2D eigenvalue weighted by atomic mass is 32.1. The van der Waals surface area contributed by atoms with Gasteiger partial charge in [0.2, 0.25) is 5.91 Å². The minimum Gasteiger partial charge on any atom is -0.467 e. The van der Waals surface area contributed by atoms with Gasteiger partial charge in [0.05, 0.1) is 12.1 Å². The fourth-order valence-electron chi connectivity index (χ4n) is 1.41. The number of esters is 1. The molecule has 0 radical (unpaired) electrons. The van der Waals surface area contributed by atoms with Gasteiger partial charge in [0, 0.05) is 31.1 Å². The molecule has 0 fully saturated rings. The van der Waals surface area contributed by atoms with Crippen molar-refractivity contribution < 1.29 is 14.3 Å². The average molecular weight is 271 g/mol. The lowest BCUT2D eigenvalue weighted by Crippen LogP contribution is -2.46. The van der Waals surface area contributed by atoms with Crippen molar-refractivity contribution in [3.05, 3.63) is 16.1 Å². The zero-order valence-electron chi connectivity index (χ0n) is 10.6. The summed E-state index contributed by atoms with van der Waals surface area (Å²) in [6, 6.07) is -0.665. The second-order valence-electron chi connectivity index (χ2n) is 3.75. The van der Waals surface area contributed by atoms with Gasteiger partial charge in [-0.1, -0.05) is 0 Å². The summed E-state index contributed by atoms with van der Waals surface area (Å²) in [7, 11) is 1.30. The van der Waals surface area contributed by atoms with E-state index < -0.39 is 12.0 Å². The van der Waals surface area contributed by atoms with E-state index in [9.17, 15) is 9.59 Å². The number of carbonyl (C=O) groups excluding carboxylic acids is 2. The van der Waals surface area contributed by atoms with Crippen LogP contribution in [-0.2, 0) is 20.9 Å². The highest BCUT2D eigenvalue weighted by Gasteiger charge is 2.19. The van der Waals surface area contributed by atoms with Crippen LogP contribution in [0.1, 0.15) is 16.8 Å². The Bertz CT molecular complexity index is 419. The number of nitrogens with one attached hydrogen (secondary N) is 2. The first-order valence-electron chi connectivity index (χ1n) is 5.50. The molecule has 18 heavy (non-hydrogen) atoms. The largest absolute Gasteiger partial charge is 0.467 e. The molecular weight excluding hydrogens is 254 g/mol. The van der Waals surface area contributed by atoms with E-state index in [0.717, 1.165) is 9.88 Å². The van der Waals surface area contributed by atoms with Gasteiger partial charge in [-0.3, -0.25) is 4.79 Å². The zero-order valence-corrected chi connectivity index (χ0v) is 11.5. The van der Waals surface area contributed by atoms with E-state index in [1.807, 2.05) is 6.92 Å². The number of amides is 1. The quantitative estimate of drug-likeness (QED) is 0.723. The monoisotopic (exact) mass is 271 g/mol. The van der Waals surface area contributed by atoms with Crippen LogP contribution in [0.3, 0.4) is 0 Å². The third kappa shape index (κ3) is 4.80. The number of ether oxygens (including phenoxy) is 1. The van der Waals surface area contributed by atoms with Gasteiger partial charge in [-0.15, -0.1) is 11.3 Å². The summed E-state index contributed by atoms with van der Waals surface area (Å²) in [4.78, 5) is 27.6. The number of aryl methyl sites for hydroxylation is 1. The number of hydrogen-bond acceptors (Lipinski definition) is 6. The van der Waals surface area contributed by atoms with Gasteiger partial charge in [0.1, 0.15) is 6.04 Å². The van der Waals surface area contributed by atoms with Gasteiger partial charge in [-0.05, 0) is 6.92 Å². The van der Waals surface area contributed by atoms with E-state index in [2.05, 4.69) is 20.4 Å². The van der Waals surface area contributed by atoms with E-state index in [1.54, 1.807) is 17.5 Å². The molecule has 1 heterocycles. The number of nitrogens with zero attached hydrogens (tertiary/aromatic N) is 1. The van der Waals surface area contributed by atoms with E-state index in [0.29, 0.717) is 13.1 Å². The lowest BCUT2D eigenvalue weighted by molar-refractivity contribution is -0.144. The van der Waals surface area contributed by atoms with Crippen molar-refractivity contribution in [2.75, 3.05) is 13.7 Å². The van der Waals surface area contributed by atoms with E-state index >= 15 is 0 Å². The van der Waals surface area contributed by atoms with Crippen molar-refractivity contribution in [1.82, 2.24) is 15.6 Å². The smallest absolute Gasteiger partial charge is 0.329 e. The van der Waals surface area contributed by atoms with Crippen LogP contribution in [0.4, 0.5) is 0 Å². The molecule has 0 bridgehead atoms. The second kappa shape index (κ2) is 7.07. The molecule has 0 saturated heterocycles. The summed E-state index contributed by atoms with van der Waals surface area (Å²) in [5.74, 6) is -0.723. The molecule has 0 aliphatic rings. The summed E-state index contributed by atoms with van der Waals surface area (Å²) < 4.78 is 4.62. The highest BCUT2D eigenvalue weighted by molar-refractivity contribution is 7.11. The fraction of sp³-hybridized carbons (Fsp3) is 0.545. The van der Waals surface area contributed by atoms with Crippen LogP contribution >= 0.6 is 11.3 Å². The number of hydrogen-bond donors (Lipinski definition) is 2. The summed E-state index contributed by atoms with van der Waals surface area (Å²) in [6.45, 7) is 4.23. The van der Waals surface area contributed by atoms with Crippen LogP contribution in [0.25, 0.3) is 0 Å². The topological polar surface area (TPSA) is 80.3 Å². The van der Waals surface area contributed by atoms with Crippen LogP contribution in [-0.4, -0.2) is 36.6 Å². The molecule has 1 atom stereocenters. The predicted octanol–water partition coefficient (Wildman–Crippen LogP) is 0.219. The van der Waals surface area contributed by atoms with E-state index in [4.69, 9.17) is 0 Å². The first-order chi connectivity index (χ1) is 8.52. The maximum Gasteiger partial charge on any atom is 0.329 e. The van der Waals surface area contributed by atoms with Crippen LogP contribution in [0.15, 0.2) is 6.20 Å². The molecule has 2 N–H and O–H groups in total. The second-order valence-corrected chi connectivity index (χ2v) is 5.07. The lowest BCUT2D eigenvalue weighted by atomic mass is 10.3. The van der Waals surface area contributed by atoms with Gasteiger partial charge < -0.3 is 15.4 Å². The number of rotatable bonds is 6. The third-order valence-electron chi connectivity index (χ3n) is 2.18. The normalized spacial score (nSPS) is 11.9. The Balaban J connectivity index is 2.41. The molecule has 1 aromatic heterocycles. The molecule has 1 rings (SSSR count). The van der Waals surface area contributed by atoms with Crippen LogP contribution in [0.2, 0.25) is 0 Å². The number of carbonyl (C=O) groups is 2. The summed E-state index contributed by atoms with van der Waals surface area (Å²) in [5.41, 5.74) is 0. The Morgan fingerprint density at radius 2 is 2.28 bits per heavy atom. The van der Waals surface area contributed by atoms with Crippen molar-refractivity contribution in [3.63, 3.8) is 0 Å². The van der Waals surface area contributed by atoms with Gasteiger partial charge >= 0.3 is 5.97 Å². The van der Waals surface area contributed by atoms with Crippen LogP contribution < -0.4 is 10.6 Å². The predicted molar refractivity (Wildman–Crippen MR) is 68.2 cm³/mol. The molecule has 1 aromatic rings. The minimum atomic E-state index is -0.665. The Hall–Kier alpha value is -1.47. The van der Waals surface area contributed by atoms with Gasteiger partial charge in [0.15, 0.2) is 0 Å². The van der Waals surface area contributed by atoms with Gasteiger partial charge in [-0.25, -0.2) is 9.78 Å². The van der Waals surface area contributed by atoms with E-state index in [1.165, 1.54) is 14.0 Å². The van der Waals surface area contributed by atoms with Gasteiger partial charge in [-0.2, -0.15) is 0 Å². The summed E-state index contributed by atoms with van der Waals surface area (Å²) in [5, 5.41) is 6.62.